The smallest absolute Gasteiger partial charge is 0.224 e. The third-order valence-corrected chi connectivity index (χ3v) is 2.64. The first-order chi connectivity index (χ1) is 9.75. The second kappa shape index (κ2) is 6.50. The van der Waals surface area contributed by atoms with Gasteiger partial charge in [0.05, 0.1) is 12.5 Å². The minimum atomic E-state index is 0.384. The van der Waals surface area contributed by atoms with Crippen molar-refractivity contribution in [2.24, 2.45) is 5.84 Å². The van der Waals surface area contributed by atoms with Crippen LogP contribution in [0.2, 0.25) is 0 Å². The van der Waals surface area contributed by atoms with Crippen LogP contribution in [0.3, 0.4) is 0 Å². The molecule has 20 heavy (non-hydrogen) atoms. The molecule has 102 valence electrons. The van der Waals surface area contributed by atoms with Crippen molar-refractivity contribution >= 4 is 5.82 Å². The lowest BCUT2D eigenvalue weighted by molar-refractivity contribution is 0.459. The Morgan fingerprint density at radius 2 is 2.05 bits per heavy atom. The van der Waals surface area contributed by atoms with Gasteiger partial charge in [0, 0.05) is 12.5 Å². The van der Waals surface area contributed by atoms with Crippen molar-refractivity contribution < 1.29 is 4.74 Å². The van der Waals surface area contributed by atoms with Crippen LogP contribution < -0.4 is 16.0 Å². The first kappa shape index (κ1) is 13.8. The van der Waals surface area contributed by atoms with Crippen LogP contribution in [0.1, 0.15) is 18.3 Å². The molecular formula is C14H15N5O. The fourth-order valence-corrected chi connectivity index (χ4v) is 1.64. The zero-order chi connectivity index (χ0) is 14.4. The summed E-state index contributed by atoms with van der Waals surface area (Å²) in [5, 5.41) is 8.62. The fourth-order valence-electron chi connectivity index (χ4n) is 1.64. The summed E-state index contributed by atoms with van der Waals surface area (Å²) in [5.41, 5.74) is 3.43. The molecule has 0 aliphatic rings. The maximum atomic E-state index is 8.62. The summed E-state index contributed by atoms with van der Waals surface area (Å²) in [6, 6.07) is 11.0. The predicted octanol–water partition coefficient (Wildman–Crippen LogP) is 2.18. The molecule has 0 spiro atoms. The third-order valence-electron chi connectivity index (χ3n) is 2.64. The summed E-state index contributed by atoms with van der Waals surface area (Å²) in [4.78, 5) is 8.46. The lowest BCUT2D eigenvalue weighted by Crippen LogP contribution is -2.10. The molecule has 6 heteroatoms. The van der Waals surface area contributed by atoms with Gasteiger partial charge in [0.15, 0.2) is 0 Å². The Balaban J connectivity index is 2.18. The highest BCUT2D eigenvalue weighted by atomic mass is 16.5. The summed E-state index contributed by atoms with van der Waals surface area (Å²) in [6.45, 7) is 1.95. The van der Waals surface area contributed by atoms with E-state index in [0.717, 1.165) is 5.56 Å². The molecule has 0 fully saturated rings. The molecule has 0 saturated heterocycles. The summed E-state index contributed by atoms with van der Waals surface area (Å²) in [5.74, 6) is 7.60. The van der Waals surface area contributed by atoms with Gasteiger partial charge in [-0.25, -0.2) is 10.8 Å². The maximum Gasteiger partial charge on any atom is 0.224 e. The van der Waals surface area contributed by atoms with Gasteiger partial charge in [-0.2, -0.15) is 10.2 Å². The number of hydrogen-bond acceptors (Lipinski definition) is 6. The molecule has 6 nitrogen and oxygen atoms in total. The monoisotopic (exact) mass is 269 g/mol. The Hall–Kier alpha value is -2.65. The average Bonchev–Trinajstić information content (AvgIpc) is 2.49. The van der Waals surface area contributed by atoms with E-state index in [-0.39, 0.29) is 0 Å². The van der Waals surface area contributed by atoms with Crippen LogP contribution in [0.5, 0.6) is 11.6 Å². The molecular weight excluding hydrogens is 254 g/mol. The number of nitrogens with one attached hydrogen (secondary N) is 1. The van der Waals surface area contributed by atoms with Gasteiger partial charge in [-0.15, -0.1) is 0 Å². The van der Waals surface area contributed by atoms with Gasteiger partial charge in [0.1, 0.15) is 17.4 Å². The number of nitrogens with zero attached hydrogens (tertiary/aromatic N) is 3. The van der Waals surface area contributed by atoms with E-state index in [4.69, 9.17) is 15.8 Å². The molecule has 0 amide bonds. The zero-order valence-corrected chi connectivity index (χ0v) is 11.1. The summed E-state index contributed by atoms with van der Waals surface area (Å²) >= 11 is 0. The first-order valence-corrected chi connectivity index (χ1v) is 6.23. The highest BCUT2D eigenvalue weighted by Gasteiger charge is 2.05. The molecule has 0 aliphatic carbocycles. The van der Waals surface area contributed by atoms with Crippen LogP contribution >= 0.6 is 0 Å². The molecule has 0 aliphatic heterocycles. The number of aryl methyl sites for hydroxylation is 1. The molecule has 0 saturated carbocycles. The van der Waals surface area contributed by atoms with Gasteiger partial charge in [-0.05, 0) is 17.7 Å². The van der Waals surface area contributed by atoms with E-state index >= 15 is 0 Å². The molecule has 3 N–H and O–H groups in total. The van der Waals surface area contributed by atoms with Crippen molar-refractivity contribution in [2.45, 2.75) is 19.8 Å². The lowest BCUT2D eigenvalue weighted by atomic mass is 10.2. The zero-order valence-electron chi connectivity index (χ0n) is 11.1. The van der Waals surface area contributed by atoms with Crippen LogP contribution in [0, 0.1) is 11.3 Å². The van der Waals surface area contributed by atoms with E-state index < -0.39 is 0 Å². The highest BCUT2D eigenvalue weighted by molar-refractivity contribution is 5.39. The largest absolute Gasteiger partial charge is 0.439 e. The standard InChI is InChI=1S/C14H15N5O/c1-2-12-17-13(19-16)9-14(18-12)20-11-5-3-10(4-6-11)7-8-15/h3-6,9H,2,7,16H2,1H3,(H,17,18,19). The molecule has 1 aromatic carbocycles. The Bertz CT molecular complexity index is 596. The third kappa shape index (κ3) is 3.43. The van der Waals surface area contributed by atoms with Gasteiger partial charge >= 0.3 is 0 Å². The average molecular weight is 269 g/mol. The van der Waals surface area contributed by atoms with Crippen molar-refractivity contribution in [3.8, 4) is 17.7 Å². The summed E-state index contributed by atoms with van der Waals surface area (Å²) in [7, 11) is 0. The lowest BCUT2D eigenvalue weighted by Gasteiger charge is -2.08. The summed E-state index contributed by atoms with van der Waals surface area (Å²) in [6.07, 6.45) is 1.07. The van der Waals surface area contributed by atoms with E-state index in [9.17, 15) is 0 Å². The van der Waals surface area contributed by atoms with Crippen LogP contribution in [0.25, 0.3) is 0 Å². The number of hydrogen-bond donors (Lipinski definition) is 2. The fraction of sp³-hybridized carbons (Fsp3) is 0.214. The van der Waals surface area contributed by atoms with Crippen molar-refractivity contribution in [3.63, 3.8) is 0 Å². The van der Waals surface area contributed by atoms with E-state index in [0.29, 0.717) is 36.1 Å². The number of hydrazine groups is 1. The Labute approximate surface area is 117 Å². The van der Waals surface area contributed by atoms with Crippen molar-refractivity contribution in [1.82, 2.24) is 9.97 Å². The van der Waals surface area contributed by atoms with E-state index in [1.807, 2.05) is 19.1 Å². The number of rotatable bonds is 5. The van der Waals surface area contributed by atoms with Gasteiger partial charge in [-0.3, -0.25) is 0 Å². The molecule has 2 rings (SSSR count). The van der Waals surface area contributed by atoms with Gasteiger partial charge in [0.2, 0.25) is 5.88 Å². The van der Waals surface area contributed by atoms with Gasteiger partial charge < -0.3 is 10.2 Å². The Kier molecular flexibility index (Phi) is 4.47. The molecule has 0 radical (unpaired) electrons. The second-order valence-corrected chi connectivity index (χ2v) is 4.09. The van der Waals surface area contributed by atoms with Crippen molar-refractivity contribution in [3.05, 3.63) is 41.7 Å². The number of aromatic nitrogens is 2. The predicted molar refractivity (Wildman–Crippen MR) is 75.1 cm³/mol. The number of anilines is 1. The SMILES string of the molecule is CCc1nc(NN)cc(Oc2ccc(CC#N)cc2)n1. The normalized spacial score (nSPS) is 9.85. The number of ether oxygens (including phenoxy) is 1. The molecule has 1 aromatic heterocycles. The molecule has 1 heterocycles. The van der Waals surface area contributed by atoms with Crippen LogP contribution in [-0.2, 0) is 12.8 Å². The van der Waals surface area contributed by atoms with Gasteiger partial charge in [-0.1, -0.05) is 19.1 Å². The van der Waals surface area contributed by atoms with Crippen LogP contribution in [0.4, 0.5) is 5.82 Å². The van der Waals surface area contributed by atoms with Crippen molar-refractivity contribution in [1.29, 1.82) is 5.26 Å². The number of nitrogen functional groups attached to an aromatic ring is 1. The van der Waals surface area contributed by atoms with Crippen LogP contribution in [-0.4, -0.2) is 9.97 Å². The second-order valence-electron chi connectivity index (χ2n) is 4.09. The molecule has 2 aromatic rings. The van der Waals surface area contributed by atoms with Crippen LogP contribution in [0.15, 0.2) is 30.3 Å². The highest BCUT2D eigenvalue weighted by Crippen LogP contribution is 2.22. The van der Waals surface area contributed by atoms with E-state index in [2.05, 4.69) is 21.5 Å². The van der Waals surface area contributed by atoms with E-state index in [1.54, 1.807) is 18.2 Å². The molecule has 0 unspecified atom stereocenters. The maximum absolute atomic E-state index is 8.62. The number of nitrogens with two attached hydrogens (primary N) is 1. The number of benzene rings is 1. The minimum Gasteiger partial charge on any atom is -0.439 e. The quantitative estimate of drug-likeness (QED) is 0.638. The summed E-state index contributed by atoms with van der Waals surface area (Å²) < 4.78 is 5.67. The minimum absolute atomic E-state index is 0.384. The Morgan fingerprint density at radius 1 is 1.30 bits per heavy atom. The van der Waals surface area contributed by atoms with Gasteiger partial charge in [0.25, 0.3) is 0 Å². The number of nitriles is 1. The molecule has 0 atom stereocenters. The first-order valence-electron chi connectivity index (χ1n) is 6.23. The van der Waals surface area contributed by atoms with Crippen molar-refractivity contribution in [2.75, 3.05) is 5.43 Å². The Morgan fingerprint density at radius 3 is 2.65 bits per heavy atom. The van der Waals surface area contributed by atoms with E-state index in [1.165, 1.54) is 0 Å². The topological polar surface area (TPSA) is 96.9 Å². The molecule has 0 bridgehead atoms.